The summed E-state index contributed by atoms with van der Waals surface area (Å²) in [6.45, 7) is 1.61. The van der Waals surface area contributed by atoms with E-state index in [-0.39, 0.29) is 36.7 Å². The minimum absolute atomic E-state index is 0. The Kier molecular flexibility index (Phi) is 4.23. The zero-order valence-corrected chi connectivity index (χ0v) is 9.00. The Morgan fingerprint density at radius 1 is 1.83 bits per heavy atom. The second-order valence-electron chi connectivity index (χ2n) is 2.12. The molecule has 0 aromatic carbocycles. The molecular formula is C7H9N2NaO2. The topological polar surface area (TPSA) is 70.0 Å². The molecule has 0 spiro atoms. The van der Waals surface area contributed by atoms with Gasteiger partial charge in [-0.25, -0.2) is 0 Å². The van der Waals surface area contributed by atoms with Gasteiger partial charge in [0.25, 0.3) is 5.91 Å². The first-order valence-electron chi connectivity index (χ1n) is 3.03. The maximum atomic E-state index is 10.9. The van der Waals surface area contributed by atoms with Crippen LogP contribution in [-0.4, -0.2) is 5.91 Å². The standard InChI is InChI=1S/C7H7N2O2.Na.H2/c1-5-3-2-4-9(11)6(5)7(8)10;;/h2,4H,1H3,(H2,8,10);;1H/q-1;+1;. The summed E-state index contributed by atoms with van der Waals surface area (Å²) in [4.78, 5) is 10.6. The second kappa shape index (κ2) is 4.45. The van der Waals surface area contributed by atoms with Crippen LogP contribution < -0.4 is 40.0 Å². The molecule has 0 aliphatic carbocycles. The molecule has 0 atom stereocenters. The van der Waals surface area contributed by atoms with E-state index in [9.17, 15) is 10.0 Å². The minimum atomic E-state index is -0.727. The van der Waals surface area contributed by atoms with Crippen molar-refractivity contribution in [2.24, 2.45) is 5.73 Å². The van der Waals surface area contributed by atoms with Gasteiger partial charge in [-0.2, -0.15) is 6.07 Å². The third-order valence-electron chi connectivity index (χ3n) is 1.32. The summed E-state index contributed by atoms with van der Waals surface area (Å²) in [5.74, 6) is -0.727. The van der Waals surface area contributed by atoms with Crippen LogP contribution in [0.5, 0.6) is 0 Å². The molecule has 2 N–H and O–H groups in total. The van der Waals surface area contributed by atoms with Crippen LogP contribution in [0, 0.1) is 18.2 Å². The number of hydrogen-bond acceptors (Lipinski definition) is 2. The molecule has 0 radical (unpaired) electrons. The molecule has 0 bridgehead atoms. The van der Waals surface area contributed by atoms with Crippen molar-refractivity contribution in [3.8, 4) is 0 Å². The van der Waals surface area contributed by atoms with Crippen molar-refractivity contribution >= 4 is 5.91 Å². The van der Waals surface area contributed by atoms with E-state index in [1.165, 1.54) is 12.3 Å². The van der Waals surface area contributed by atoms with Crippen molar-refractivity contribution in [2.75, 3.05) is 0 Å². The summed E-state index contributed by atoms with van der Waals surface area (Å²) in [5.41, 5.74) is 5.35. The van der Waals surface area contributed by atoms with Gasteiger partial charge < -0.3 is 10.9 Å². The van der Waals surface area contributed by atoms with Crippen molar-refractivity contribution in [2.45, 2.75) is 6.92 Å². The van der Waals surface area contributed by atoms with Crippen LogP contribution in [0.2, 0.25) is 0 Å². The molecule has 12 heavy (non-hydrogen) atoms. The molecule has 0 aliphatic heterocycles. The first-order chi connectivity index (χ1) is 5.13. The summed E-state index contributed by atoms with van der Waals surface area (Å²) in [6.07, 6.45) is 1.19. The Hall–Kier alpha value is -0.580. The van der Waals surface area contributed by atoms with E-state index in [4.69, 9.17) is 5.73 Å². The number of aromatic nitrogens is 1. The fraction of sp³-hybridized carbons (Fsp3) is 0.143. The number of primary amides is 1. The first-order valence-corrected chi connectivity index (χ1v) is 3.03. The summed E-state index contributed by atoms with van der Waals surface area (Å²) in [5, 5.41) is 10.9. The van der Waals surface area contributed by atoms with E-state index in [2.05, 4.69) is 6.07 Å². The van der Waals surface area contributed by atoms with Crippen LogP contribution in [0.15, 0.2) is 12.3 Å². The van der Waals surface area contributed by atoms with E-state index < -0.39 is 5.91 Å². The van der Waals surface area contributed by atoms with Crippen molar-refractivity contribution in [3.05, 3.63) is 34.8 Å². The van der Waals surface area contributed by atoms with Gasteiger partial charge in [0.15, 0.2) is 5.69 Å². The van der Waals surface area contributed by atoms with Gasteiger partial charge >= 0.3 is 29.6 Å². The Morgan fingerprint density at radius 2 is 2.42 bits per heavy atom. The van der Waals surface area contributed by atoms with Gasteiger partial charge in [0.05, 0.1) is 6.20 Å². The maximum Gasteiger partial charge on any atom is 1.00 e. The third kappa shape index (κ3) is 2.20. The van der Waals surface area contributed by atoms with Crippen molar-refractivity contribution < 1.29 is 40.5 Å². The molecule has 0 fully saturated rings. The zero-order chi connectivity index (χ0) is 8.43. The minimum Gasteiger partial charge on any atom is -0.640 e. The fourth-order valence-corrected chi connectivity index (χ4v) is 0.832. The third-order valence-corrected chi connectivity index (χ3v) is 1.32. The van der Waals surface area contributed by atoms with Gasteiger partial charge in [-0.05, 0) is 0 Å². The Bertz CT molecular complexity index is 286. The largest absolute Gasteiger partial charge is 1.00 e. The number of nitrogens with zero attached hydrogens (tertiary/aromatic N) is 1. The number of carbonyl (C=O) groups excluding carboxylic acids is 1. The van der Waals surface area contributed by atoms with Gasteiger partial charge in [0.1, 0.15) is 0 Å². The van der Waals surface area contributed by atoms with Crippen molar-refractivity contribution in [3.63, 3.8) is 0 Å². The number of nitrogens with two attached hydrogens (primary N) is 1. The Labute approximate surface area is 93.7 Å². The maximum absolute atomic E-state index is 10.9. The molecule has 0 saturated heterocycles. The van der Waals surface area contributed by atoms with E-state index in [1.54, 1.807) is 6.92 Å². The SMILES string of the molecule is Cc1[c-]cc[n+]([O-])c1C(N)=O.[HH].[Na+]. The molecule has 0 saturated carbocycles. The van der Waals surface area contributed by atoms with Gasteiger partial charge in [-0.15, -0.1) is 6.07 Å². The second-order valence-corrected chi connectivity index (χ2v) is 2.12. The number of pyridine rings is 1. The molecule has 5 heteroatoms. The molecule has 0 unspecified atom stereocenters. The molecule has 0 aliphatic rings. The monoisotopic (exact) mass is 176 g/mol. The average molecular weight is 176 g/mol. The van der Waals surface area contributed by atoms with Gasteiger partial charge in [0.2, 0.25) is 0 Å². The summed E-state index contributed by atoms with van der Waals surface area (Å²) in [6, 6.07) is 4.14. The van der Waals surface area contributed by atoms with Crippen LogP contribution in [-0.2, 0) is 0 Å². The van der Waals surface area contributed by atoms with E-state index in [1.807, 2.05) is 0 Å². The smallest absolute Gasteiger partial charge is 0.640 e. The van der Waals surface area contributed by atoms with Gasteiger partial charge in [-0.3, -0.25) is 9.52 Å². The average Bonchev–Trinajstić information content (AvgIpc) is 1.85. The molecule has 1 aromatic heterocycles. The summed E-state index contributed by atoms with van der Waals surface area (Å²) < 4.78 is 0.439. The van der Waals surface area contributed by atoms with Crippen LogP contribution in [0.4, 0.5) is 0 Å². The van der Waals surface area contributed by atoms with E-state index in [0.717, 1.165) is 0 Å². The molecule has 1 amide bonds. The molecule has 1 rings (SSSR count). The van der Waals surface area contributed by atoms with E-state index >= 15 is 0 Å². The molecular weight excluding hydrogens is 167 g/mol. The molecule has 60 valence electrons. The summed E-state index contributed by atoms with van der Waals surface area (Å²) >= 11 is 0. The van der Waals surface area contributed by atoms with Crippen LogP contribution in [0.1, 0.15) is 17.5 Å². The normalized spacial score (nSPS) is 8.75. The van der Waals surface area contributed by atoms with Gasteiger partial charge in [0, 0.05) is 1.43 Å². The molecule has 1 heterocycles. The number of carbonyl (C=O) groups is 1. The van der Waals surface area contributed by atoms with Crippen LogP contribution in [0.25, 0.3) is 0 Å². The number of rotatable bonds is 1. The van der Waals surface area contributed by atoms with E-state index in [0.29, 0.717) is 10.3 Å². The quantitative estimate of drug-likeness (QED) is 0.211. The Morgan fingerprint density at radius 3 is 2.75 bits per heavy atom. The van der Waals surface area contributed by atoms with Crippen molar-refractivity contribution in [1.29, 1.82) is 0 Å². The zero-order valence-electron chi connectivity index (χ0n) is 7.00. The number of aryl methyl sites for hydroxylation is 1. The predicted octanol–water partition coefficient (Wildman–Crippen LogP) is -3.22. The molecule has 4 nitrogen and oxygen atoms in total. The van der Waals surface area contributed by atoms with Crippen molar-refractivity contribution in [1.82, 2.24) is 0 Å². The first kappa shape index (κ1) is 11.4. The predicted molar refractivity (Wildman–Crippen MR) is 39.6 cm³/mol. The summed E-state index contributed by atoms with van der Waals surface area (Å²) in [7, 11) is 0. The number of amides is 1. The van der Waals surface area contributed by atoms with Gasteiger partial charge in [-0.1, -0.05) is 12.5 Å². The molecule has 1 aromatic rings. The van der Waals surface area contributed by atoms with Crippen LogP contribution in [0.3, 0.4) is 0 Å². The number of hydrogen-bond donors (Lipinski definition) is 1. The van der Waals surface area contributed by atoms with Crippen LogP contribution >= 0.6 is 0 Å². The fourth-order valence-electron chi connectivity index (χ4n) is 0.832. The Balaban J connectivity index is 0.